The lowest BCUT2D eigenvalue weighted by Crippen LogP contribution is -2.44. The number of ether oxygens (including phenoxy) is 1. The van der Waals surface area contributed by atoms with Crippen molar-refractivity contribution in [1.82, 2.24) is 14.8 Å². The number of piperidine rings is 1. The van der Waals surface area contributed by atoms with Crippen LogP contribution in [0, 0.1) is 11.3 Å². The van der Waals surface area contributed by atoms with Gasteiger partial charge < -0.3 is 9.15 Å². The Hall–Kier alpha value is -1.21. The van der Waals surface area contributed by atoms with E-state index in [0.717, 1.165) is 51.6 Å². The van der Waals surface area contributed by atoms with Gasteiger partial charge in [-0.1, -0.05) is 0 Å². The summed E-state index contributed by atoms with van der Waals surface area (Å²) in [5.74, 6) is 1.68. The summed E-state index contributed by atoms with van der Waals surface area (Å²) in [5, 5.41) is 3.30. The lowest BCUT2D eigenvalue weighted by Gasteiger charge is -2.42. The molecule has 6 heteroatoms. The number of furan rings is 1. The van der Waals surface area contributed by atoms with Gasteiger partial charge in [0.25, 0.3) is 0 Å². The van der Waals surface area contributed by atoms with Crippen LogP contribution >= 0.6 is 11.3 Å². The van der Waals surface area contributed by atoms with Gasteiger partial charge in [-0.2, -0.15) is 0 Å². The highest BCUT2D eigenvalue weighted by atomic mass is 32.1. The average molecular weight is 362 g/mol. The van der Waals surface area contributed by atoms with Crippen molar-refractivity contribution < 1.29 is 9.15 Å². The van der Waals surface area contributed by atoms with E-state index < -0.39 is 0 Å². The van der Waals surface area contributed by atoms with Gasteiger partial charge in [0.05, 0.1) is 26.0 Å². The van der Waals surface area contributed by atoms with Crippen LogP contribution in [0.3, 0.4) is 0 Å². The number of likely N-dealkylation sites (tertiary alicyclic amines) is 2. The molecule has 2 aliphatic rings. The lowest BCUT2D eigenvalue weighted by atomic mass is 9.71. The maximum atomic E-state index is 5.58. The quantitative estimate of drug-likeness (QED) is 0.791. The van der Waals surface area contributed by atoms with Gasteiger partial charge in [-0.15, -0.1) is 11.3 Å². The zero-order chi connectivity index (χ0) is 17.1. The van der Waals surface area contributed by atoms with Crippen LogP contribution in [0.15, 0.2) is 34.4 Å². The zero-order valence-electron chi connectivity index (χ0n) is 14.9. The maximum absolute atomic E-state index is 5.58. The van der Waals surface area contributed by atoms with Crippen molar-refractivity contribution in [3.05, 3.63) is 40.7 Å². The second kappa shape index (κ2) is 7.58. The summed E-state index contributed by atoms with van der Waals surface area (Å²) in [5.41, 5.74) is 0.391. The second-order valence-electron chi connectivity index (χ2n) is 7.47. The van der Waals surface area contributed by atoms with Gasteiger partial charge in [-0.3, -0.25) is 9.80 Å². The van der Waals surface area contributed by atoms with Crippen LogP contribution in [-0.2, 0) is 17.8 Å². The second-order valence-corrected chi connectivity index (χ2v) is 8.44. The molecule has 0 aliphatic carbocycles. The van der Waals surface area contributed by atoms with E-state index in [4.69, 9.17) is 9.15 Å². The molecule has 0 bridgehead atoms. The number of thiazole rings is 1. The van der Waals surface area contributed by atoms with Crippen molar-refractivity contribution in [1.29, 1.82) is 0 Å². The van der Waals surface area contributed by atoms with Crippen LogP contribution in [-0.4, -0.2) is 54.7 Å². The van der Waals surface area contributed by atoms with E-state index in [-0.39, 0.29) is 0 Å². The Morgan fingerprint density at radius 2 is 2.20 bits per heavy atom. The fourth-order valence-electron chi connectivity index (χ4n) is 4.56. The number of hydrogen-bond donors (Lipinski definition) is 0. The van der Waals surface area contributed by atoms with Gasteiger partial charge in [0.15, 0.2) is 0 Å². The molecule has 0 N–H and O–H groups in total. The van der Waals surface area contributed by atoms with Crippen LogP contribution in [0.5, 0.6) is 0 Å². The minimum absolute atomic E-state index is 0.391. The number of methoxy groups -OCH3 is 1. The first-order valence-electron chi connectivity index (χ1n) is 9.12. The topological polar surface area (TPSA) is 41.7 Å². The molecule has 1 atom stereocenters. The molecule has 1 spiro atoms. The van der Waals surface area contributed by atoms with Crippen molar-refractivity contribution in [2.45, 2.75) is 25.9 Å². The fraction of sp³-hybridized carbons (Fsp3) is 0.632. The van der Waals surface area contributed by atoms with E-state index >= 15 is 0 Å². The molecule has 2 fully saturated rings. The Labute approximate surface area is 153 Å². The average Bonchev–Trinajstić information content (AvgIpc) is 3.34. The van der Waals surface area contributed by atoms with Crippen molar-refractivity contribution in [2.75, 3.05) is 39.9 Å². The normalized spacial score (nSPS) is 24.3. The molecule has 5 nitrogen and oxygen atoms in total. The Bertz CT molecular complexity index is 636. The van der Waals surface area contributed by atoms with E-state index in [0.29, 0.717) is 11.3 Å². The first-order valence-corrected chi connectivity index (χ1v) is 10.00. The molecule has 0 radical (unpaired) electrons. The standard InChI is InChI=1S/C19H27N3O2S/c1-23-14-16-11-22(12-17-3-2-9-24-17)15-19(16)4-7-21(8-5-19)13-18-20-6-10-25-18/h2-3,6,9-10,16H,4-5,7-8,11-15H2,1H3. The van der Waals surface area contributed by atoms with Gasteiger partial charge >= 0.3 is 0 Å². The summed E-state index contributed by atoms with van der Waals surface area (Å²) >= 11 is 1.76. The Morgan fingerprint density at radius 1 is 1.32 bits per heavy atom. The summed E-state index contributed by atoms with van der Waals surface area (Å²) < 4.78 is 11.1. The van der Waals surface area contributed by atoms with Crippen molar-refractivity contribution in [3.8, 4) is 0 Å². The lowest BCUT2D eigenvalue weighted by molar-refractivity contribution is 0.0349. The zero-order valence-corrected chi connectivity index (χ0v) is 15.7. The van der Waals surface area contributed by atoms with Crippen LogP contribution in [0.25, 0.3) is 0 Å². The van der Waals surface area contributed by atoms with Gasteiger partial charge in [0, 0.05) is 37.7 Å². The third-order valence-electron chi connectivity index (χ3n) is 5.90. The molecule has 2 aromatic heterocycles. The summed E-state index contributed by atoms with van der Waals surface area (Å²) in [6.45, 7) is 7.37. The van der Waals surface area contributed by atoms with Gasteiger partial charge in [-0.05, 0) is 43.5 Å². The predicted octanol–water partition coefficient (Wildman–Crippen LogP) is 3.10. The van der Waals surface area contributed by atoms with E-state index in [1.807, 2.05) is 19.4 Å². The minimum Gasteiger partial charge on any atom is -0.468 e. The highest BCUT2D eigenvalue weighted by molar-refractivity contribution is 7.09. The minimum atomic E-state index is 0.391. The molecular formula is C19H27N3O2S. The Balaban J connectivity index is 1.38. The highest BCUT2D eigenvalue weighted by Gasteiger charge is 2.47. The highest BCUT2D eigenvalue weighted by Crippen LogP contribution is 2.45. The number of hydrogen-bond acceptors (Lipinski definition) is 6. The van der Waals surface area contributed by atoms with Gasteiger partial charge in [0.2, 0.25) is 0 Å². The fourth-order valence-corrected chi connectivity index (χ4v) is 5.22. The molecule has 2 aromatic rings. The molecule has 2 aliphatic heterocycles. The maximum Gasteiger partial charge on any atom is 0.117 e. The molecule has 25 heavy (non-hydrogen) atoms. The van der Waals surface area contributed by atoms with Crippen LogP contribution < -0.4 is 0 Å². The molecule has 4 rings (SSSR count). The molecule has 0 amide bonds. The summed E-state index contributed by atoms with van der Waals surface area (Å²) in [4.78, 5) is 9.55. The first kappa shape index (κ1) is 17.2. The van der Waals surface area contributed by atoms with Crippen LogP contribution in [0.4, 0.5) is 0 Å². The predicted molar refractivity (Wildman–Crippen MR) is 98.4 cm³/mol. The Morgan fingerprint density at radius 3 is 2.88 bits per heavy atom. The van der Waals surface area contributed by atoms with E-state index in [1.165, 1.54) is 17.8 Å². The van der Waals surface area contributed by atoms with Crippen LogP contribution in [0.2, 0.25) is 0 Å². The molecule has 2 saturated heterocycles. The number of rotatable bonds is 6. The monoisotopic (exact) mass is 361 g/mol. The SMILES string of the molecule is COCC1CN(Cc2ccco2)CC12CCN(Cc1nccs1)CC2. The van der Waals surface area contributed by atoms with Crippen LogP contribution in [0.1, 0.15) is 23.6 Å². The first-order chi connectivity index (χ1) is 12.3. The number of nitrogens with zero attached hydrogens (tertiary/aromatic N) is 3. The van der Waals surface area contributed by atoms with E-state index in [2.05, 4.69) is 26.2 Å². The van der Waals surface area contributed by atoms with Crippen molar-refractivity contribution >= 4 is 11.3 Å². The smallest absolute Gasteiger partial charge is 0.117 e. The van der Waals surface area contributed by atoms with Crippen molar-refractivity contribution in [3.63, 3.8) is 0 Å². The summed E-state index contributed by atoms with van der Waals surface area (Å²) in [6.07, 6.45) is 6.18. The molecule has 0 saturated carbocycles. The third kappa shape index (κ3) is 3.82. The number of aromatic nitrogens is 1. The third-order valence-corrected chi connectivity index (χ3v) is 6.67. The molecule has 1 unspecified atom stereocenters. The van der Waals surface area contributed by atoms with Crippen molar-refractivity contribution in [2.24, 2.45) is 11.3 Å². The van der Waals surface area contributed by atoms with Gasteiger partial charge in [0.1, 0.15) is 10.8 Å². The molecule has 4 heterocycles. The van der Waals surface area contributed by atoms with E-state index in [1.54, 1.807) is 17.6 Å². The van der Waals surface area contributed by atoms with Gasteiger partial charge in [-0.25, -0.2) is 4.98 Å². The summed E-state index contributed by atoms with van der Waals surface area (Å²) in [6, 6.07) is 4.05. The molecule has 0 aromatic carbocycles. The van der Waals surface area contributed by atoms with E-state index in [9.17, 15) is 0 Å². The molecular weight excluding hydrogens is 334 g/mol. The molecule has 136 valence electrons. The summed E-state index contributed by atoms with van der Waals surface area (Å²) in [7, 11) is 1.83. The largest absolute Gasteiger partial charge is 0.468 e. The Kier molecular flexibility index (Phi) is 5.22.